The molecule has 0 radical (unpaired) electrons. The van der Waals surface area contributed by atoms with Crippen molar-refractivity contribution >= 4 is 47.2 Å². The maximum Gasteiger partial charge on any atom is 0.284 e. The van der Waals surface area contributed by atoms with Gasteiger partial charge < -0.3 is 20.4 Å². The van der Waals surface area contributed by atoms with Crippen molar-refractivity contribution < 1.29 is 9.21 Å². The van der Waals surface area contributed by atoms with E-state index >= 15 is 0 Å². The quantitative estimate of drug-likeness (QED) is 0.430. The fourth-order valence-corrected chi connectivity index (χ4v) is 2.55. The van der Waals surface area contributed by atoms with E-state index in [4.69, 9.17) is 10.2 Å². The number of aliphatic imine (C=N–C) groups is 1. The second kappa shape index (κ2) is 8.79. The number of carbonyl (C=O) groups is 1. The molecule has 2 rings (SSSR count). The van der Waals surface area contributed by atoms with Gasteiger partial charge in [0.15, 0.2) is 11.7 Å². The summed E-state index contributed by atoms with van der Waals surface area (Å²) in [5.74, 6) is 0.973. The van der Waals surface area contributed by atoms with E-state index in [1.54, 1.807) is 30.5 Å². The number of thiophene rings is 1. The van der Waals surface area contributed by atoms with Crippen LogP contribution in [-0.4, -0.2) is 30.9 Å². The van der Waals surface area contributed by atoms with Gasteiger partial charge in [-0.3, -0.25) is 9.79 Å². The number of amides is 1. The summed E-state index contributed by atoms with van der Waals surface area (Å²) >= 11 is 1.67. The van der Waals surface area contributed by atoms with Gasteiger partial charge in [-0.2, -0.15) is 11.3 Å². The summed E-state index contributed by atoms with van der Waals surface area (Å²) in [6.45, 7) is 1.21. The average molecular weight is 434 g/mol. The molecule has 0 saturated heterocycles. The third-order valence-corrected chi connectivity index (χ3v) is 3.63. The van der Waals surface area contributed by atoms with Gasteiger partial charge in [0.05, 0.1) is 6.54 Å². The summed E-state index contributed by atoms with van der Waals surface area (Å²) in [7, 11) is 3.69. The lowest BCUT2D eigenvalue weighted by Crippen LogP contribution is -2.37. The summed E-state index contributed by atoms with van der Waals surface area (Å²) in [6, 6.07) is 5.37. The van der Waals surface area contributed by atoms with Crippen molar-refractivity contribution in [3.63, 3.8) is 0 Å². The molecule has 22 heavy (non-hydrogen) atoms. The van der Waals surface area contributed by atoms with Crippen LogP contribution in [0, 0.1) is 0 Å². The van der Waals surface area contributed by atoms with Crippen molar-refractivity contribution in [2.45, 2.75) is 13.1 Å². The number of halogens is 1. The molecule has 0 unspecified atom stereocenters. The number of guanidine groups is 1. The van der Waals surface area contributed by atoms with Crippen molar-refractivity contribution in [2.24, 2.45) is 10.7 Å². The molecule has 2 heterocycles. The molecule has 6 nitrogen and oxygen atoms in total. The first-order chi connectivity index (χ1) is 10.1. The first-order valence-electron chi connectivity index (χ1n) is 6.41. The molecule has 0 bridgehead atoms. The minimum atomic E-state index is -0.569. The molecule has 0 aliphatic carbocycles. The fourth-order valence-electron chi connectivity index (χ4n) is 1.89. The van der Waals surface area contributed by atoms with E-state index < -0.39 is 5.91 Å². The first-order valence-corrected chi connectivity index (χ1v) is 7.36. The molecule has 0 aliphatic heterocycles. The van der Waals surface area contributed by atoms with E-state index in [9.17, 15) is 4.79 Å². The molecule has 0 aromatic carbocycles. The standard InChI is InChI=1S/C14H18N4O2S.HI/c1-16-14(18(2)8-10-5-6-21-9-10)17-7-11-3-4-12(20-11)13(15)19;/h3-6,9H,7-8H2,1-2H3,(H2,15,19)(H,16,17);1H. The monoisotopic (exact) mass is 434 g/mol. The van der Waals surface area contributed by atoms with E-state index in [1.807, 2.05) is 17.3 Å². The van der Waals surface area contributed by atoms with Crippen LogP contribution in [0.1, 0.15) is 21.9 Å². The lowest BCUT2D eigenvalue weighted by Gasteiger charge is -2.21. The molecule has 0 aliphatic rings. The zero-order valence-corrected chi connectivity index (χ0v) is 15.6. The fraction of sp³-hybridized carbons (Fsp3) is 0.286. The highest BCUT2D eigenvalue weighted by Crippen LogP contribution is 2.09. The van der Waals surface area contributed by atoms with Crippen molar-refractivity contribution in [1.82, 2.24) is 10.2 Å². The van der Waals surface area contributed by atoms with E-state index in [0.29, 0.717) is 12.3 Å². The molecule has 2 aromatic heterocycles. The van der Waals surface area contributed by atoms with Gasteiger partial charge in [-0.15, -0.1) is 24.0 Å². The van der Waals surface area contributed by atoms with Gasteiger partial charge in [-0.05, 0) is 34.5 Å². The highest BCUT2D eigenvalue weighted by Gasteiger charge is 2.10. The number of nitrogens with one attached hydrogen (secondary N) is 1. The largest absolute Gasteiger partial charge is 0.454 e. The highest BCUT2D eigenvalue weighted by atomic mass is 127. The number of primary amides is 1. The molecule has 2 aromatic rings. The lowest BCUT2D eigenvalue weighted by molar-refractivity contribution is 0.0972. The third kappa shape index (κ3) is 5.02. The normalized spacial score (nSPS) is 10.9. The summed E-state index contributed by atoms with van der Waals surface area (Å²) in [6.07, 6.45) is 0. The van der Waals surface area contributed by atoms with Crippen LogP contribution in [0.5, 0.6) is 0 Å². The number of nitrogens with two attached hydrogens (primary N) is 1. The van der Waals surface area contributed by atoms with Gasteiger partial charge in [0.25, 0.3) is 5.91 Å². The van der Waals surface area contributed by atoms with E-state index in [2.05, 4.69) is 21.8 Å². The molecular weight excluding hydrogens is 415 g/mol. The van der Waals surface area contributed by atoms with Gasteiger partial charge in [0.2, 0.25) is 0 Å². The molecule has 0 atom stereocenters. The highest BCUT2D eigenvalue weighted by molar-refractivity contribution is 14.0. The Balaban J connectivity index is 0.00000242. The van der Waals surface area contributed by atoms with Crippen molar-refractivity contribution in [2.75, 3.05) is 14.1 Å². The smallest absolute Gasteiger partial charge is 0.284 e. The molecule has 120 valence electrons. The van der Waals surface area contributed by atoms with Crippen LogP contribution in [0.15, 0.2) is 38.4 Å². The summed E-state index contributed by atoms with van der Waals surface area (Å²) < 4.78 is 5.32. The Morgan fingerprint density at radius 3 is 2.77 bits per heavy atom. The van der Waals surface area contributed by atoms with E-state index in [1.165, 1.54) is 5.56 Å². The summed E-state index contributed by atoms with van der Waals surface area (Å²) in [4.78, 5) is 17.2. The molecule has 8 heteroatoms. The Hall–Kier alpha value is -1.55. The van der Waals surface area contributed by atoms with Crippen LogP contribution in [0.2, 0.25) is 0 Å². The number of hydrogen-bond donors (Lipinski definition) is 2. The molecule has 3 N–H and O–H groups in total. The van der Waals surface area contributed by atoms with Gasteiger partial charge in [-0.25, -0.2) is 0 Å². The van der Waals surface area contributed by atoms with Crippen LogP contribution < -0.4 is 11.1 Å². The number of rotatable bonds is 5. The van der Waals surface area contributed by atoms with Crippen molar-refractivity contribution in [3.05, 3.63) is 46.0 Å². The number of carbonyl (C=O) groups excluding carboxylic acids is 1. The SMILES string of the molecule is CN=C(NCc1ccc(C(N)=O)o1)N(C)Cc1ccsc1.I. The molecule has 0 spiro atoms. The predicted molar refractivity (Wildman–Crippen MR) is 98.6 cm³/mol. The zero-order valence-electron chi connectivity index (χ0n) is 12.4. The maximum atomic E-state index is 11.0. The number of hydrogen-bond acceptors (Lipinski definition) is 4. The Morgan fingerprint density at radius 2 is 2.23 bits per heavy atom. The zero-order chi connectivity index (χ0) is 15.2. The van der Waals surface area contributed by atoms with Gasteiger partial charge in [0.1, 0.15) is 5.76 Å². The van der Waals surface area contributed by atoms with Crippen LogP contribution in [-0.2, 0) is 13.1 Å². The Labute approximate surface area is 150 Å². The van der Waals surface area contributed by atoms with Crippen LogP contribution in [0.4, 0.5) is 0 Å². The Morgan fingerprint density at radius 1 is 1.45 bits per heavy atom. The van der Waals surface area contributed by atoms with Gasteiger partial charge in [-0.1, -0.05) is 0 Å². The second-order valence-corrected chi connectivity index (χ2v) is 5.30. The molecule has 1 amide bonds. The first kappa shape index (κ1) is 18.5. The van der Waals surface area contributed by atoms with E-state index in [-0.39, 0.29) is 29.7 Å². The Kier molecular flexibility index (Phi) is 7.39. The number of furan rings is 1. The predicted octanol–water partition coefficient (Wildman–Crippen LogP) is 2.27. The molecular formula is C14H19IN4O2S. The van der Waals surface area contributed by atoms with Crippen LogP contribution in [0.25, 0.3) is 0 Å². The van der Waals surface area contributed by atoms with Crippen molar-refractivity contribution in [3.8, 4) is 0 Å². The van der Waals surface area contributed by atoms with E-state index in [0.717, 1.165) is 12.5 Å². The second-order valence-electron chi connectivity index (χ2n) is 4.52. The third-order valence-electron chi connectivity index (χ3n) is 2.90. The Bertz CT molecular complexity index is 625. The minimum absolute atomic E-state index is 0. The summed E-state index contributed by atoms with van der Waals surface area (Å²) in [5.41, 5.74) is 6.38. The maximum absolute atomic E-state index is 11.0. The van der Waals surface area contributed by atoms with Crippen molar-refractivity contribution in [1.29, 1.82) is 0 Å². The lowest BCUT2D eigenvalue weighted by atomic mass is 10.3. The number of nitrogens with zero attached hydrogens (tertiary/aromatic N) is 2. The van der Waals surface area contributed by atoms with Crippen LogP contribution in [0.3, 0.4) is 0 Å². The van der Waals surface area contributed by atoms with Gasteiger partial charge >= 0.3 is 0 Å². The van der Waals surface area contributed by atoms with Gasteiger partial charge in [0, 0.05) is 20.6 Å². The topological polar surface area (TPSA) is 83.9 Å². The summed E-state index contributed by atoms with van der Waals surface area (Å²) in [5, 5.41) is 7.34. The van der Waals surface area contributed by atoms with Crippen LogP contribution >= 0.6 is 35.3 Å². The average Bonchev–Trinajstić information content (AvgIpc) is 3.10. The molecule has 0 fully saturated rings. The molecule has 0 saturated carbocycles. The minimum Gasteiger partial charge on any atom is -0.454 e.